The molecule has 108 valence electrons. The van der Waals surface area contributed by atoms with Crippen LogP contribution in [0.3, 0.4) is 0 Å². The number of carbonyl (C=O) groups is 3. The Bertz CT molecular complexity index is 514. The molecule has 0 aliphatic heterocycles. The maximum atomic E-state index is 11.7. The molecule has 3 N–H and O–H groups in total. The molecule has 0 bridgehead atoms. The van der Waals surface area contributed by atoms with E-state index in [9.17, 15) is 14.4 Å². The second-order valence-corrected chi connectivity index (χ2v) is 4.41. The van der Waals surface area contributed by atoms with Gasteiger partial charge in [0.2, 0.25) is 5.91 Å². The van der Waals surface area contributed by atoms with Crippen LogP contribution in [-0.4, -0.2) is 24.3 Å². The van der Waals surface area contributed by atoms with Gasteiger partial charge in [-0.05, 0) is 24.6 Å². The summed E-state index contributed by atoms with van der Waals surface area (Å²) in [5.41, 5.74) is 5.23. The van der Waals surface area contributed by atoms with Crippen LogP contribution in [0, 0.1) is 5.92 Å². The number of nitrogens with one attached hydrogen (secondary N) is 1. The molecule has 1 unspecified atom stereocenters. The Balaban J connectivity index is 2.73. The fourth-order valence-electron chi connectivity index (χ4n) is 1.35. The van der Waals surface area contributed by atoms with Crippen molar-refractivity contribution >= 4 is 17.8 Å². The summed E-state index contributed by atoms with van der Waals surface area (Å²) in [5, 5.41) is 2.36. The van der Waals surface area contributed by atoms with Crippen molar-refractivity contribution < 1.29 is 19.1 Å². The van der Waals surface area contributed by atoms with Crippen molar-refractivity contribution in [1.82, 2.24) is 5.32 Å². The summed E-state index contributed by atoms with van der Waals surface area (Å²) in [6, 6.07) is 6.18. The molecule has 1 aromatic carbocycles. The second-order valence-electron chi connectivity index (χ2n) is 4.41. The Morgan fingerprint density at radius 1 is 1.35 bits per heavy atom. The van der Waals surface area contributed by atoms with Gasteiger partial charge in [0, 0.05) is 5.56 Å². The predicted octanol–water partition coefficient (Wildman–Crippen LogP) is 0.853. The van der Waals surface area contributed by atoms with Gasteiger partial charge >= 0.3 is 5.97 Å². The standard InChI is InChI=1S/C14H18N2O4/c1-3-9(2)14(19)20-11-6-4-5-10(7-11)13(18)16-8-12(15)17/h4-7,9H,3,8H2,1-2H3,(H2,15,17)(H,16,18). The van der Waals surface area contributed by atoms with Gasteiger partial charge in [-0.1, -0.05) is 19.9 Å². The monoisotopic (exact) mass is 278 g/mol. The zero-order chi connectivity index (χ0) is 15.1. The van der Waals surface area contributed by atoms with E-state index >= 15 is 0 Å². The van der Waals surface area contributed by atoms with Crippen LogP contribution in [0.1, 0.15) is 30.6 Å². The van der Waals surface area contributed by atoms with E-state index in [0.717, 1.165) is 0 Å². The molecular formula is C14H18N2O4. The Kier molecular flexibility index (Phi) is 5.71. The van der Waals surface area contributed by atoms with E-state index in [0.29, 0.717) is 17.7 Å². The fourth-order valence-corrected chi connectivity index (χ4v) is 1.35. The van der Waals surface area contributed by atoms with Crippen LogP contribution >= 0.6 is 0 Å². The molecule has 1 rings (SSSR count). The molecule has 0 aromatic heterocycles. The molecule has 0 heterocycles. The highest BCUT2D eigenvalue weighted by molar-refractivity contribution is 5.96. The van der Waals surface area contributed by atoms with Gasteiger partial charge in [0.1, 0.15) is 5.75 Å². The molecule has 2 amide bonds. The molecule has 0 saturated carbocycles. The van der Waals surface area contributed by atoms with Crippen LogP contribution in [0.15, 0.2) is 24.3 Å². The molecule has 6 heteroatoms. The van der Waals surface area contributed by atoms with Crippen LogP contribution < -0.4 is 15.8 Å². The highest BCUT2D eigenvalue weighted by Gasteiger charge is 2.14. The first kappa shape index (κ1) is 15.7. The van der Waals surface area contributed by atoms with E-state index in [1.807, 2.05) is 6.92 Å². The Morgan fingerprint density at radius 2 is 2.05 bits per heavy atom. The number of nitrogens with two attached hydrogens (primary N) is 1. The van der Waals surface area contributed by atoms with Gasteiger partial charge in [-0.15, -0.1) is 0 Å². The van der Waals surface area contributed by atoms with Crippen LogP contribution in [0.5, 0.6) is 5.75 Å². The van der Waals surface area contributed by atoms with Crippen LogP contribution in [0.2, 0.25) is 0 Å². The Morgan fingerprint density at radius 3 is 2.65 bits per heavy atom. The number of hydrogen-bond acceptors (Lipinski definition) is 4. The number of rotatable bonds is 6. The Hall–Kier alpha value is -2.37. The van der Waals surface area contributed by atoms with Crippen LogP contribution in [0.25, 0.3) is 0 Å². The molecule has 0 aliphatic carbocycles. The van der Waals surface area contributed by atoms with Crippen LogP contribution in [-0.2, 0) is 9.59 Å². The zero-order valence-corrected chi connectivity index (χ0v) is 11.5. The van der Waals surface area contributed by atoms with E-state index in [4.69, 9.17) is 10.5 Å². The molecule has 0 saturated heterocycles. The number of esters is 1. The summed E-state index contributed by atoms with van der Waals surface area (Å²) in [7, 11) is 0. The van der Waals surface area contributed by atoms with Gasteiger partial charge in [0.25, 0.3) is 5.91 Å². The van der Waals surface area contributed by atoms with Crippen molar-refractivity contribution in [3.63, 3.8) is 0 Å². The predicted molar refractivity (Wildman–Crippen MR) is 73.1 cm³/mol. The van der Waals surface area contributed by atoms with E-state index < -0.39 is 11.8 Å². The van der Waals surface area contributed by atoms with E-state index in [-0.39, 0.29) is 18.4 Å². The first-order valence-electron chi connectivity index (χ1n) is 6.32. The summed E-state index contributed by atoms with van der Waals surface area (Å²) < 4.78 is 5.17. The number of ether oxygens (including phenoxy) is 1. The number of amides is 2. The minimum atomic E-state index is -0.627. The second kappa shape index (κ2) is 7.28. The molecule has 0 fully saturated rings. The van der Waals surface area contributed by atoms with Crippen molar-refractivity contribution in [2.75, 3.05) is 6.54 Å². The third-order valence-corrected chi connectivity index (χ3v) is 2.75. The van der Waals surface area contributed by atoms with Crippen molar-refractivity contribution in [3.8, 4) is 5.75 Å². The first-order chi connectivity index (χ1) is 9.43. The number of carbonyl (C=O) groups excluding carboxylic acids is 3. The largest absolute Gasteiger partial charge is 0.426 e. The number of primary amides is 1. The molecule has 1 aromatic rings. The van der Waals surface area contributed by atoms with Gasteiger partial charge in [-0.2, -0.15) is 0 Å². The third-order valence-electron chi connectivity index (χ3n) is 2.75. The van der Waals surface area contributed by atoms with Gasteiger partial charge in [-0.25, -0.2) is 0 Å². The third kappa shape index (κ3) is 4.72. The SMILES string of the molecule is CCC(C)C(=O)Oc1cccc(C(=O)NCC(N)=O)c1. The topological polar surface area (TPSA) is 98.5 Å². The molecule has 20 heavy (non-hydrogen) atoms. The summed E-state index contributed by atoms with van der Waals surface area (Å²) in [6.45, 7) is 3.42. The number of hydrogen-bond donors (Lipinski definition) is 2. The lowest BCUT2D eigenvalue weighted by Gasteiger charge is -2.10. The fraction of sp³-hybridized carbons (Fsp3) is 0.357. The lowest BCUT2D eigenvalue weighted by atomic mass is 10.1. The summed E-state index contributed by atoms with van der Waals surface area (Å²) in [6.07, 6.45) is 0.678. The molecule has 0 aliphatic rings. The lowest BCUT2D eigenvalue weighted by Crippen LogP contribution is -2.33. The first-order valence-corrected chi connectivity index (χ1v) is 6.32. The van der Waals surface area contributed by atoms with Crippen molar-refractivity contribution in [1.29, 1.82) is 0 Å². The van der Waals surface area contributed by atoms with E-state index in [1.54, 1.807) is 25.1 Å². The minimum Gasteiger partial charge on any atom is -0.426 e. The average molecular weight is 278 g/mol. The van der Waals surface area contributed by atoms with E-state index in [1.165, 1.54) is 6.07 Å². The maximum Gasteiger partial charge on any atom is 0.314 e. The molecule has 0 radical (unpaired) electrons. The highest BCUT2D eigenvalue weighted by Crippen LogP contribution is 2.15. The van der Waals surface area contributed by atoms with Gasteiger partial charge in [0.15, 0.2) is 0 Å². The quantitative estimate of drug-likeness (QED) is 0.595. The Labute approximate surface area is 117 Å². The van der Waals surface area contributed by atoms with E-state index in [2.05, 4.69) is 5.32 Å². The minimum absolute atomic E-state index is 0.206. The molecule has 0 spiro atoms. The van der Waals surface area contributed by atoms with Crippen molar-refractivity contribution in [2.24, 2.45) is 11.7 Å². The zero-order valence-electron chi connectivity index (χ0n) is 11.5. The highest BCUT2D eigenvalue weighted by atomic mass is 16.5. The van der Waals surface area contributed by atoms with Gasteiger partial charge in [0.05, 0.1) is 12.5 Å². The number of benzene rings is 1. The summed E-state index contributed by atoms with van der Waals surface area (Å²) >= 11 is 0. The van der Waals surface area contributed by atoms with Crippen molar-refractivity contribution in [2.45, 2.75) is 20.3 Å². The average Bonchev–Trinajstić information content (AvgIpc) is 2.43. The summed E-state index contributed by atoms with van der Waals surface area (Å²) in [4.78, 5) is 34.0. The van der Waals surface area contributed by atoms with Gasteiger partial charge < -0.3 is 15.8 Å². The maximum absolute atomic E-state index is 11.7. The van der Waals surface area contributed by atoms with Crippen LogP contribution in [0.4, 0.5) is 0 Å². The molecular weight excluding hydrogens is 260 g/mol. The summed E-state index contributed by atoms with van der Waals surface area (Å²) in [5.74, 6) is -1.34. The lowest BCUT2D eigenvalue weighted by molar-refractivity contribution is -0.138. The van der Waals surface area contributed by atoms with Crippen molar-refractivity contribution in [3.05, 3.63) is 29.8 Å². The van der Waals surface area contributed by atoms with Gasteiger partial charge in [-0.3, -0.25) is 14.4 Å². The molecule has 6 nitrogen and oxygen atoms in total. The normalized spacial score (nSPS) is 11.5. The smallest absolute Gasteiger partial charge is 0.314 e. The molecule has 1 atom stereocenters.